The number of aliphatic hydroxyl groups is 2. The number of carbonyl (C=O) groups is 5. The van der Waals surface area contributed by atoms with Gasteiger partial charge in [-0.1, -0.05) is 19.4 Å². The van der Waals surface area contributed by atoms with Gasteiger partial charge in [-0.3, -0.25) is 24.0 Å². The molecule has 0 heterocycles. The second-order valence-electron chi connectivity index (χ2n) is 11.7. The number of carbonyl (C=O) groups excluding carboxylic acids is 4. The van der Waals surface area contributed by atoms with Gasteiger partial charge in [0.2, 0.25) is 11.7 Å². The summed E-state index contributed by atoms with van der Waals surface area (Å²) < 4.78 is 5.07. The van der Waals surface area contributed by atoms with Crippen molar-refractivity contribution in [3.63, 3.8) is 0 Å². The van der Waals surface area contributed by atoms with Gasteiger partial charge in [0.1, 0.15) is 12.1 Å². The van der Waals surface area contributed by atoms with Crippen LogP contribution in [0, 0.1) is 28.6 Å². The molecule has 0 aliphatic heterocycles. The van der Waals surface area contributed by atoms with E-state index in [1.54, 1.807) is 6.08 Å². The molecule has 4 N–H and O–H groups in total. The van der Waals surface area contributed by atoms with Crippen molar-refractivity contribution < 1.29 is 44.0 Å². The Morgan fingerprint density at radius 1 is 1.11 bits per heavy atom. The Balaban J connectivity index is 1.41. The quantitative estimate of drug-likeness (QED) is 0.346. The molecule has 0 radical (unpaired) electrons. The van der Waals surface area contributed by atoms with E-state index in [1.807, 2.05) is 6.92 Å². The Morgan fingerprint density at radius 3 is 2.54 bits per heavy atom. The summed E-state index contributed by atoms with van der Waals surface area (Å²) in [5.74, 6) is -3.01. The topological polar surface area (TPSA) is 167 Å². The molecule has 7 atom stereocenters. The van der Waals surface area contributed by atoms with Crippen LogP contribution in [0.1, 0.15) is 71.6 Å². The number of hydrogen-bond acceptors (Lipinski definition) is 8. The summed E-state index contributed by atoms with van der Waals surface area (Å²) >= 11 is 0. The van der Waals surface area contributed by atoms with Gasteiger partial charge in [-0.15, -0.1) is 0 Å². The fourth-order valence-electron chi connectivity index (χ4n) is 7.97. The van der Waals surface area contributed by atoms with E-state index in [4.69, 9.17) is 9.84 Å². The van der Waals surface area contributed by atoms with Crippen LogP contribution in [-0.4, -0.2) is 69.6 Å². The minimum absolute atomic E-state index is 0.0134. The monoisotopic (exact) mass is 519 g/mol. The number of hydrogen-bond donors (Lipinski definition) is 4. The molecule has 4 rings (SSSR count). The van der Waals surface area contributed by atoms with Gasteiger partial charge in [0.25, 0.3) is 0 Å². The molecule has 1 amide bonds. The number of Topliss-reactive ketones (excluding diaryl/α,β-unsaturated/α-hetero) is 1. The largest absolute Gasteiger partial charge is 0.480 e. The van der Waals surface area contributed by atoms with Crippen LogP contribution >= 0.6 is 0 Å². The van der Waals surface area contributed by atoms with Gasteiger partial charge in [0, 0.05) is 18.3 Å². The van der Waals surface area contributed by atoms with Crippen LogP contribution in [0.4, 0.5) is 0 Å². The van der Waals surface area contributed by atoms with Crippen molar-refractivity contribution in [1.82, 2.24) is 5.32 Å². The van der Waals surface area contributed by atoms with Gasteiger partial charge >= 0.3 is 11.9 Å². The molecule has 0 aromatic rings. The van der Waals surface area contributed by atoms with E-state index in [9.17, 15) is 34.2 Å². The fraction of sp³-hybridized carbons (Fsp3) is 0.741. The van der Waals surface area contributed by atoms with E-state index in [2.05, 4.69) is 12.2 Å². The lowest BCUT2D eigenvalue weighted by atomic mass is 9.45. The van der Waals surface area contributed by atoms with Gasteiger partial charge < -0.3 is 25.4 Å². The number of carboxylic acid groups (broad SMARTS) is 1. The third kappa shape index (κ3) is 4.74. The summed E-state index contributed by atoms with van der Waals surface area (Å²) in [5.41, 5.74) is -1.78. The second kappa shape index (κ2) is 9.94. The van der Waals surface area contributed by atoms with Crippen molar-refractivity contribution in [2.45, 2.75) is 83.3 Å². The van der Waals surface area contributed by atoms with Crippen LogP contribution in [0.2, 0.25) is 0 Å². The highest BCUT2D eigenvalue weighted by Gasteiger charge is 2.68. The first-order chi connectivity index (χ1) is 17.3. The second-order valence-corrected chi connectivity index (χ2v) is 11.7. The van der Waals surface area contributed by atoms with Crippen molar-refractivity contribution in [3.8, 4) is 0 Å². The predicted molar refractivity (Wildman–Crippen MR) is 129 cm³/mol. The third-order valence-corrected chi connectivity index (χ3v) is 9.87. The van der Waals surface area contributed by atoms with Gasteiger partial charge in [-0.2, -0.15) is 0 Å². The van der Waals surface area contributed by atoms with Gasteiger partial charge in [0.05, 0.1) is 12.5 Å². The number of amides is 1. The highest BCUT2D eigenvalue weighted by Crippen LogP contribution is 2.67. The van der Waals surface area contributed by atoms with E-state index in [0.29, 0.717) is 19.3 Å². The number of ether oxygens (including phenoxy) is 1. The molecule has 3 saturated carbocycles. The Labute approximate surface area is 215 Å². The maximum atomic E-state index is 13.2. The Bertz CT molecular complexity index is 1040. The van der Waals surface area contributed by atoms with E-state index in [-0.39, 0.29) is 54.6 Å². The van der Waals surface area contributed by atoms with Gasteiger partial charge in [0.15, 0.2) is 12.4 Å². The number of ketones is 2. The number of rotatable bonds is 8. The van der Waals surface area contributed by atoms with Crippen LogP contribution in [0.3, 0.4) is 0 Å². The number of aliphatic hydroxyl groups excluding tert-OH is 1. The van der Waals surface area contributed by atoms with E-state index in [0.717, 1.165) is 18.4 Å². The Hall–Kier alpha value is -2.59. The van der Waals surface area contributed by atoms with Crippen LogP contribution in [-0.2, 0) is 28.7 Å². The lowest BCUT2D eigenvalue weighted by Crippen LogP contribution is -2.62. The minimum atomic E-state index is -1.75. The maximum Gasteiger partial charge on any atom is 0.322 e. The Morgan fingerprint density at radius 2 is 1.84 bits per heavy atom. The molecule has 37 heavy (non-hydrogen) atoms. The van der Waals surface area contributed by atoms with E-state index in [1.165, 1.54) is 0 Å². The predicted octanol–water partition coefficient (Wildman–Crippen LogP) is 1.31. The summed E-state index contributed by atoms with van der Waals surface area (Å²) in [6.07, 6.45) is 4.24. The highest BCUT2D eigenvalue weighted by molar-refractivity contribution is 5.92. The maximum absolute atomic E-state index is 13.2. The van der Waals surface area contributed by atoms with Crippen molar-refractivity contribution in [3.05, 3.63) is 11.6 Å². The number of fused-ring (bicyclic) bond motifs is 5. The zero-order valence-electron chi connectivity index (χ0n) is 21.5. The highest BCUT2D eigenvalue weighted by atomic mass is 16.5. The summed E-state index contributed by atoms with van der Waals surface area (Å²) in [6.45, 7) is 2.81. The molecule has 0 aromatic heterocycles. The summed E-state index contributed by atoms with van der Waals surface area (Å²) in [4.78, 5) is 59.5. The number of carboxylic acids is 1. The average molecular weight is 520 g/mol. The van der Waals surface area contributed by atoms with Crippen LogP contribution in [0.15, 0.2) is 11.6 Å². The molecule has 3 fully saturated rings. The summed E-state index contributed by atoms with van der Waals surface area (Å²) in [7, 11) is 0. The van der Waals surface area contributed by atoms with Gasteiger partial charge in [-0.25, -0.2) is 0 Å². The molecular formula is C27H37NO9. The Kier molecular flexibility index (Phi) is 7.38. The zero-order valence-corrected chi connectivity index (χ0v) is 21.5. The summed E-state index contributed by atoms with van der Waals surface area (Å²) in [5, 5.41) is 33.8. The van der Waals surface area contributed by atoms with Crippen molar-refractivity contribution in [2.75, 3.05) is 13.2 Å². The number of allylic oxidation sites excluding steroid dienone is 1. The first kappa shape index (κ1) is 27.4. The molecule has 4 aliphatic carbocycles. The molecule has 0 spiro atoms. The van der Waals surface area contributed by atoms with Crippen LogP contribution in [0.5, 0.6) is 0 Å². The minimum Gasteiger partial charge on any atom is -0.480 e. The average Bonchev–Trinajstić information content (AvgIpc) is 3.11. The van der Waals surface area contributed by atoms with Gasteiger partial charge in [-0.05, 0) is 67.8 Å². The zero-order chi connectivity index (χ0) is 27.2. The third-order valence-electron chi connectivity index (χ3n) is 9.87. The smallest absolute Gasteiger partial charge is 0.322 e. The molecule has 10 nitrogen and oxygen atoms in total. The first-order valence-electron chi connectivity index (χ1n) is 13.1. The van der Waals surface area contributed by atoms with Crippen LogP contribution in [0.25, 0.3) is 0 Å². The lowest BCUT2D eigenvalue weighted by Gasteiger charge is -2.60. The number of nitrogens with one attached hydrogen (secondary N) is 1. The normalized spacial score (nSPS) is 38.5. The molecule has 0 aromatic carbocycles. The van der Waals surface area contributed by atoms with E-state index < -0.39 is 53.9 Å². The molecule has 0 saturated heterocycles. The van der Waals surface area contributed by atoms with Crippen molar-refractivity contribution >= 4 is 29.4 Å². The number of esters is 1. The summed E-state index contributed by atoms with van der Waals surface area (Å²) in [6, 6.07) is 0. The molecule has 4 aliphatic rings. The van der Waals surface area contributed by atoms with Crippen molar-refractivity contribution in [1.29, 1.82) is 0 Å². The fourth-order valence-corrected chi connectivity index (χ4v) is 7.97. The van der Waals surface area contributed by atoms with Crippen molar-refractivity contribution in [2.24, 2.45) is 28.6 Å². The number of aliphatic carboxylic acids is 1. The van der Waals surface area contributed by atoms with Crippen LogP contribution < -0.4 is 5.32 Å². The SMILES string of the molecule is C[C@]12CCC(=O)C=C1CC[C@H]1[C@H]2[C@@H](O)C[C@@]2(C)[C@@H]1CC[C@@]2(O)C(=O)COC(=O)CCC(=O)NCC(=O)O. The van der Waals surface area contributed by atoms with E-state index >= 15 is 0 Å². The lowest BCUT2D eigenvalue weighted by molar-refractivity contribution is -0.184. The standard InChI is InChI=1S/C27H37NO9/c1-25-9-7-16(29)11-15(25)3-4-17-18-8-10-27(36,26(18,2)12-19(30)24(17)25)20(31)14-37-23(35)6-5-21(32)28-13-22(33)34/h11,17-19,24,30,36H,3-10,12-14H2,1-2H3,(H,28,32)(H,33,34)/t17-,18-,19+,24+,25+,26+,27-/m1/s1. The molecular weight excluding hydrogens is 482 g/mol. The molecule has 0 unspecified atom stereocenters. The molecule has 0 bridgehead atoms. The first-order valence-corrected chi connectivity index (χ1v) is 13.1. The molecule has 10 heteroatoms. The molecule has 204 valence electrons.